The first-order chi connectivity index (χ1) is 31.6. The second-order valence-corrected chi connectivity index (χ2v) is 15.5. The van der Waals surface area contributed by atoms with Crippen molar-refractivity contribution in [2.45, 2.75) is 32.1 Å². The fourth-order valence-corrected chi connectivity index (χ4v) is 7.71. The van der Waals surface area contributed by atoms with Crippen LogP contribution in [-0.2, 0) is 32.1 Å². The summed E-state index contributed by atoms with van der Waals surface area (Å²) in [5, 5.41) is 75.4. The molecule has 326 valence electrons. The molecule has 4 N–H and O–H groups in total. The predicted molar refractivity (Wildman–Crippen MR) is 249 cm³/mol. The van der Waals surface area contributed by atoms with Gasteiger partial charge in [0, 0.05) is 59.1 Å². The Bertz CT molecular complexity index is 2800. The van der Waals surface area contributed by atoms with Crippen LogP contribution < -0.4 is 14.2 Å². The topological polar surface area (TPSA) is 183 Å². The van der Waals surface area contributed by atoms with Gasteiger partial charge in [0.2, 0.25) is 0 Å². The van der Waals surface area contributed by atoms with Gasteiger partial charge in [-0.2, -0.15) is 30.7 Å². The quantitative estimate of drug-likeness (QED) is 0.0736. The lowest BCUT2D eigenvalue weighted by Gasteiger charge is -2.19. The third-order valence-electron chi connectivity index (χ3n) is 11.0. The molecule has 13 nitrogen and oxygen atoms in total. The standard InChI is InChI=1S/C52H46N6O7/c1-5-6-31-19-32-21-34-25-43(56-53-40-7-13-46(63-2)14-8-40)27-36(50(34)60)23-38-29-45(58-55-42-11-17-48(65-4)18-12-42)30-39(52(38)62)24-37-28-44(57-54-41-9-15-47(64-3)16-10-41)26-35(51(37)61)22-33(20-31)49(32)59/h5,7-20,25-30,59-62H,1,6,21-24H2,2-4H3. The van der Waals surface area contributed by atoms with Gasteiger partial charge in [0.05, 0.1) is 55.5 Å². The van der Waals surface area contributed by atoms with Crippen molar-refractivity contribution in [1.82, 2.24) is 0 Å². The van der Waals surface area contributed by atoms with E-state index in [0.717, 1.165) is 5.56 Å². The maximum absolute atomic E-state index is 12.1. The molecule has 0 aliphatic heterocycles. The van der Waals surface area contributed by atoms with Gasteiger partial charge in [0.25, 0.3) is 0 Å². The fourth-order valence-electron chi connectivity index (χ4n) is 7.71. The molecule has 7 aromatic rings. The lowest BCUT2D eigenvalue weighted by molar-refractivity contribution is 0.414. The Balaban J connectivity index is 1.31. The highest BCUT2D eigenvalue weighted by molar-refractivity contribution is 5.63. The lowest BCUT2D eigenvalue weighted by atomic mass is 9.89. The first-order valence-corrected chi connectivity index (χ1v) is 20.8. The van der Waals surface area contributed by atoms with Gasteiger partial charge in [-0.25, -0.2) is 0 Å². The minimum atomic E-state index is -0.0603. The van der Waals surface area contributed by atoms with Crippen LogP contribution in [0.4, 0.5) is 34.1 Å². The summed E-state index contributed by atoms with van der Waals surface area (Å²) in [4.78, 5) is 0. The number of rotatable bonds is 11. The van der Waals surface area contributed by atoms with Crippen molar-refractivity contribution in [3.8, 4) is 40.2 Å². The highest BCUT2D eigenvalue weighted by Crippen LogP contribution is 2.42. The van der Waals surface area contributed by atoms with Crippen molar-refractivity contribution in [1.29, 1.82) is 0 Å². The van der Waals surface area contributed by atoms with E-state index in [9.17, 15) is 20.4 Å². The van der Waals surface area contributed by atoms with Crippen LogP contribution in [0, 0.1) is 0 Å². The molecule has 1 aliphatic rings. The van der Waals surface area contributed by atoms with E-state index in [2.05, 4.69) is 37.3 Å². The number of nitrogens with zero attached hydrogens (tertiary/aromatic N) is 6. The highest BCUT2D eigenvalue weighted by atomic mass is 16.5. The maximum Gasteiger partial charge on any atom is 0.122 e. The fraction of sp³-hybridized carbons (Fsp3) is 0.154. The van der Waals surface area contributed by atoms with Gasteiger partial charge in [-0.3, -0.25) is 0 Å². The molecule has 0 saturated carbocycles. The SMILES string of the molecule is C=CCc1cc2c(O)c(c1)Cc1cc(N=Nc3ccc(OC)cc3)cc(c1O)Cc1cc(N=Nc3ccc(OC)cc3)cc(c1O)Cc1cc(N=Nc3ccc(OC)cc3)cc(c1O)C2. The third kappa shape index (κ3) is 10.2. The van der Waals surface area contributed by atoms with E-state index in [1.54, 1.807) is 137 Å². The molecule has 0 radical (unpaired) electrons. The Morgan fingerprint density at radius 1 is 0.385 bits per heavy atom. The molecule has 0 spiro atoms. The van der Waals surface area contributed by atoms with Gasteiger partial charge >= 0.3 is 0 Å². The largest absolute Gasteiger partial charge is 0.507 e. The lowest BCUT2D eigenvalue weighted by Crippen LogP contribution is -2.02. The summed E-state index contributed by atoms with van der Waals surface area (Å²) in [5.74, 6) is 1.92. The molecule has 0 unspecified atom stereocenters. The van der Waals surface area contributed by atoms with Crippen LogP contribution in [0.1, 0.15) is 50.1 Å². The van der Waals surface area contributed by atoms with Crippen LogP contribution in [0.3, 0.4) is 0 Å². The molecule has 0 heterocycles. The molecule has 65 heavy (non-hydrogen) atoms. The average Bonchev–Trinajstić information content (AvgIpc) is 3.32. The van der Waals surface area contributed by atoms with Gasteiger partial charge in [-0.15, -0.1) is 6.58 Å². The van der Waals surface area contributed by atoms with Crippen LogP contribution in [0.25, 0.3) is 0 Å². The summed E-state index contributed by atoms with van der Waals surface area (Å²) in [6.07, 6.45) is 2.58. The zero-order chi connectivity index (χ0) is 45.5. The molecule has 0 amide bonds. The third-order valence-corrected chi connectivity index (χ3v) is 11.0. The van der Waals surface area contributed by atoms with Crippen LogP contribution in [0.15, 0.2) is 165 Å². The molecule has 8 rings (SSSR count). The van der Waals surface area contributed by atoms with Crippen LogP contribution in [0.2, 0.25) is 0 Å². The first-order valence-electron chi connectivity index (χ1n) is 20.8. The second kappa shape index (κ2) is 19.4. The van der Waals surface area contributed by atoms with Crippen molar-refractivity contribution in [3.63, 3.8) is 0 Å². The summed E-state index contributed by atoms with van der Waals surface area (Å²) in [5.41, 5.74) is 7.69. The summed E-state index contributed by atoms with van der Waals surface area (Å²) in [7, 11) is 4.77. The zero-order valence-corrected chi connectivity index (χ0v) is 36.1. The van der Waals surface area contributed by atoms with E-state index in [-0.39, 0.29) is 48.7 Å². The summed E-state index contributed by atoms with van der Waals surface area (Å²) < 4.78 is 15.9. The Morgan fingerprint density at radius 2 is 0.615 bits per heavy atom. The first kappa shape index (κ1) is 43.3. The van der Waals surface area contributed by atoms with Crippen molar-refractivity contribution < 1.29 is 34.6 Å². The summed E-state index contributed by atoms with van der Waals surface area (Å²) in [6, 6.07) is 35.5. The van der Waals surface area contributed by atoms with E-state index >= 15 is 0 Å². The van der Waals surface area contributed by atoms with E-state index < -0.39 is 0 Å². The van der Waals surface area contributed by atoms with Crippen LogP contribution in [-0.4, -0.2) is 41.8 Å². The predicted octanol–water partition coefficient (Wildman–Crippen LogP) is 13.2. The van der Waals surface area contributed by atoms with Crippen LogP contribution in [0.5, 0.6) is 40.2 Å². The van der Waals surface area contributed by atoms with Gasteiger partial charge < -0.3 is 34.6 Å². The number of benzene rings is 7. The Morgan fingerprint density at radius 3 is 0.846 bits per heavy atom. The number of allylic oxidation sites excluding steroid dienone is 1. The van der Waals surface area contributed by atoms with Crippen molar-refractivity contribution >= 4 is 34.1 Å². The van der Waals surface area contributed by atoms with Crippen molar-refractivity contribution in [2.75, 3.05) is 21.3 Å². The highest BCUT2D eigenvalue weighted by Gasteiger charge is 2.22. The minimum absolute atomic E-state index is 0.0112. The number of phenols is 4. The van der Waals surface area contributed by atoms with Crippen molar-refractivity contribution in [2.24, 2.45) is 30.7 Å². The number of aromatic hydroxyl groups is 4. The molecule has 7 aromatic carbocycles. The van der Waals surface area contributed by atoms with Gasteiger partial charge in [-0.1, -0.05) is 18.2 Å². The average molecular weight is 867 g/mol. The van der Waals surface area contributed by atoms with Crippen LogP contribution >= 0.6 is 0 Å². The van der Waals surface area contributed by atoms with Gasteiger partial charge in [0.1, 0.15) is 40.2 Å². The molecule has 0 saturated heterocycles. The van der Waals surface area contributed by atoms with E-state index in [4.69, 9.17) is 14.2 Å². The smallest absolute Gasteiger partial charge is 0.122 e. The summed E-state index contributed by atoms with van der Waals surface area (Å²) in [6.45, 7) is 3.95. The molecule has 0 fully saturated rings. The minimum Gasteiger partial charge on any atom is -0.507 e. The molecule has 13 heteroatoms. The van der Waals surface area contributed by atoms with E-state index in [1.807, 2.05) is 12.1 Å². The number of ether oxygens (including phenoxy) is 3. The number of methoxy groups -OCH3 is 3. The molecular weight excluding hydrogens is 821 g/mol. The Kier molecular flexibility index (Phi) is 12.9. The molecule has 1 aliphatic carbocycles. The summed E-state index contributed by atoms with van der Waals surface area (Å²) >= 11 is 0. The van der Waals surface area contributed by atoms with E-state index in [1.165, 1.54) is 0 Å². The van der Waals surface area contributed by atoms with E-state index in [0.29, 0.717) is 102 Å². The van der Waals surface area contributed by atoms with Gasteiger partial charge in [-0.05, 0) is 132 Å². The zero-order valence-electron chi connectivity index (χ0n) is 36.1. The molecule has 0 aromatic heterocycles. The maximum atomic E-state index is 12.1. The van der Waals surface area contributed by atoms with Gasteiger partial charge in [0.15, 0.2) is 0 Å². The normalized spacial score (nSPS) is 12.5. The molecular formula is C52H46N6O7. The number of phenolic OH excluding ortho intramolecular Hbond substituents is 4. The monoisotopic (exact) mass is 866 g/mol. The second-order valence-electron chi connectivity index (χ2n) is 15.5. The number of fused-ring (bicyclic) bond motifs is 8. The Labute approximate surface area is 376 Å². The molecule has 0 atom stereocenters. The number of hydrogen-bond acceptors (Lipinski definition) is 13. The van der Waals surface area contributed by atoms with Crippen molar-refractivity contribution in [3.05, 3.63) is 184 Å². The number of hydrogen-bond donors (Lipinski definition) is 4. The Hall–Kier alpha value is -8.32. The molecule has 8 bridgehead atoms. The number of azo groups is 3.